The van der Waals surface area contributed by atoms with E-state index in [1.54, 1.807) is 7.11 Å². The number of hydrogen-bond donors (Lipinski definition) is 2. The molecule has 19 heavy (non-hydrogen) atoms. The van der Waals surface area contributed by atoms with Gasteiger partial charge in [0.25, 0.3) is 0 Å². The Labute approximate surface area is 114 Å². The molecule has 5 heteroatoms. The van der Waals surface area contributed by atoms with E-state index in [9.17, 15) is 4.79 Å². The number of benzene rings is 1. The van der Waals surface area contributed by atoms with Crippen LogP contribution in [0.15, 0.2) is 24.3 Å². The molecule has 5 nitrogen and oxygen atoms in total. The summed E-state index contributed by atoms with van der Waals surface area (Å²) < 4.78 is 5.17. The largest absolute Gasteiger partial charge is 0.497 e. The lowest BCUT2D eigenvalue weighted by Gasteiger charge is -2.22. The second kappa shape index (κ2) is 7.63. The van der Waals surface area contributed by atoms with Crippen LogP contribution >= 0.6 is 0 Å². The van der Waals surface area contributed by atoms with E-state index in [1.807, 2.05) is 43.1 Å². The Balaban J connectivity index is 2.58. The molecule has 0 fully saturated rings. The van der Waals surface area contributed by atoms with Crippen LogP contribution in [-0.4, -0.2) is 44.4 Å². The van der Waals surface area contributed by atoms with Crippen LogP contribution in [0.5, 0.6) is 5.75 Å². The number of nitrogens with zero attached hydrogens (tertiary/aromatic N) is 1. The zero-order valence-electron chi connectivity index (χ0n) is 11.7. The lowest BCUT2D eigenvalue weighted by Crippen LogP contribution is -2.39. The Bertz CT molecular complexity index is 409. The van der Waals surface area contributed by atoms with Crippen LogP contribution in [-0.2, 0) is 4.79 Å². The minimum Gasteiger partial charge on any atom is -0.497 e. The average molecular weight is 266 g/mol. The normalized spacial score (nSPS) is 11.9. The van der Waals surface area contributed by atoms with Gasteiger partial charge in [0.15, 0.2) is 0 Å². The summed E-state index contributed by atoms with van der Waals surface area (Å²) in [5, 5.41) is 12.0. The number of likely N-dealkylation sites (N-methyl/N-ethyl adjacent to an activating group) is 1. The number of carbonyl (C=O) groups is 1. The summed E-state index contributed by atoms with van der Waals surface area (Å²) in [6.45, 7) is 3.22. The van der Waals surface area contributed by atoms with Crippen LogP contribution in [0.1, 0.15) is 13.3 Å². The SMILES string of the molecule is CCNC(CCN(C)c1cccc(OC)c1)C(=O)O. The summed E-state index contributed by atoms with van der Waals surface area (Å²) in [5.41, 5.74) is 1.01. The first-order chi connectivity index (χ1) is 9.08. The molecular formula is C14H22N2O3. The topological polar surface area (TPSA) is 61.8 Å². The third kappa shape index (κ3) is 4.79. The summed E-state index contributed by atoms with van der Waals surface area (Å²) in [6.07, 6.45) is 0.552. The van der Waals surface area contributed by atoms with Crippen LogP contribution in [0.4, 0.5) is 5.69 Å². The molecule has 1 rings (SSSR count). The highest BCUT2D eigenvalue weighted by Gasteiger charge is 2.16. The van der Waals surface area contributed by atoms with Gasteiger partial charge in [-0.3, -0.25) is 4.79 Å². The first kappa shape index (κ1) is 15.3. The van der Waals surface area contributed by atoms with Crippen molar-refractivity contribution in [1.82, 2.24) is 5.32 Å². The van der Waals surface area contributed by atoms with E-state index in [-0.39, 0.29) is 0 Å². The second-order valence-electron chi connectivity index (χ2n) is 4.36. The molecule has 1 aromatic rings. The van der Waals surface area contributed by atoms with Gasteiger partial charge in [0.05, 0.1) is 7.11 Å². The maximum atomic E-state index is 11.0. The summed E-state index contributed by atoms with van der Waals surface area (Å²) in [6, 6.07) is 7.21. The van der Waals surface area contributed by atoms with Crippen LogP contribution in [0.25, 0.3) is 0 Å². The highest BCUT2D eigenvalue weighted by molar-refractivity contribution is 5.73. The molecule has 0 aliphatic rings. The molecule has 1 aromatic carbocycles. The number of nitrogens with one attached hydrogen (secondary N) is 1. The summed E-state index contributed by atoms with van der Waals surface area (Å²) >= 11 is 0. The fourth-order valence-electron chi connectivity index (χ4n) is 1.86. The summed E-state index contributed by atoms with van der Waals surface area (Å²) in [5.74, 6) is -0.00768. The van der Waals surface area contributed by atoms with Gasteiger partial charge in [-0.1, -0.05) is 13.0 Å². The Morgan fingerprint density at radius 1 is 1.53 bits per heavy atom. The predicted molar refractivity (Wildman–Crippen MR) is 76.0 cm³/mol. The molecule has 0 aromatic heterocycles. The van der Waals surface area contributed by atoms with Crippen molar-refractivity contribution in [3.63, 3.8) is 0 Å². The molecule has 0 radical (unpaired) electrons. The number of aliphatic carboxylic acids is 1. The summed E-state index contributed by atoms with van der Waals surface area (Å²) in [4.78, 5) is 13.1. The van der Waals surface area contributed by atoms with Crippen LogP contribution < -0.4 is 15.0 Å². The van der Waals surface area contributed by atoms with Gasteiger partial charge in [0.1, 0.15) is 11.8 Å². The van der Waals surface area contributed by atoms with E-state index >= 15 is 0 Å². The number of ether oxygens (including phenoxy) is 1. The fourth-order valence-corrected chi connectivity index (χ4v) is 1.86. The lowest BCUT2D eigenvalue weighted by molar-refractivity contribution is -0.139. The van der Waals surface area contributed by atoms with Crippen LogP contribution in [0.3, 0.4) is 0 Å². The molecule has 0 spiro atoms. The van der Waals surface area contributed by atoms with Crippen LogP contribution in [0.2, 0.25) is 0 Å². The van der Waals surface area contributed by atoms with Gasteiger partial charge in [0, 0.05) is 25.3 Å². The average Bonchev–Trinajstić information content (AvgIpc) is 2.42. The van der Waals surface area contributed by atoms with Crippen molar-refractivity contribution in [3.05, 3.63) is 24.3 Å². The van der Waals surface area contributed by atoms with Crippen molar-refractivity contribution >= 4 is 11.7 Å². The van der Waals surface area contributed by atoms with Crippen molar-refractivity contribution in [3.8, 4) is 5.75 Å². The Hall–Kier alpha value is -1.75. The quantitative estimate of drug-likeness (QED) is 0.748. The number of carboxylic acid groups (broad SMARTS) is 1. The Morgan fingerprint density at radius 3 is 2.84 bits per heavy atom. The number of rotatable bonds is 8. The lowest BCUT2D eigenvalue weighted by atomic mass is 10.2. The molecule has 1 atom stereocenters. The van der Waals surface area contributed by atoms with E-state index in [0.29, 0.717) is 19.5 Å². The molecule has 0 bridgehead atoms. The molecule has 0 amide bonds. The third-order valence-corrected chi connectivity index (χ3v) is 3.00. The molecule has 106 valence electrons. The summed E-state index contributed by atoms with van der Waals surface area (Å²) in [7, 11) is 3.57. The smallest absolute Gasteiger partial charge is 0.320 e. The molecule has 0 saturated heterocycles. The molecule has 0 heterocycles. The standard InChI is InChI=1S/C14H22N2O3/c1-4-15-13(14(17)18)8-9-16(2)11-6-5-7-12(10-11)19-3/h5-7,10,13,15H,4,8-9H2,1-3H3,(H,17,18). The Kier molecular flexibility index (Phi) is 6.15. The van der Waals surface area contributed by atoms with Crippen molar-refractivity contribution in [2.24, 2.45) is 0 Å². The Morgan fingerprint density at radius 2 is 2.26 bits per heavy atom. The van der Waals surface area contributed by atoms with Crippen molar-refractivity contribution in [2.45, 2.75) is 19.4 Å². The molecule has 1 unspecified atom stereocenters. The molecule has 0 saturated carbocycles. The molecule has 0 aliphatic carbocycles. The van der Waals surface area contributed by atoms with E-state index in [0.717, 1.165) is 11.4 Å². The number of carboxylic acids is 1. The van der Waals surface area contributed by atoms with Gasteiger partial charge in [-0.05, 0) is 25.1 Å². The first-order valence-corrected chi connectivity index (χ1v) is 6.39. The third-order valence-electron chi connectivity index (χ3n) is 3.00. The van der Waals surface area contributed by atoms with Crippen LogP contribution in [0, 0.1) is 0 Å². The van der Waals surface area contributed by atoms with Crippen molar-refractivity contribution in [1.29, 1.82) is 0 Å². The zero-order valence-corrected chi connectivity index (χ0v) is 11.7. The van der Waals surface area contributed by atoms with E-state index in [4.69, 9.17) is 9.84 Å². The monoisotopic (exact) mass is 266 g/mol. The van der Waals surface area contributed by atoms with Gasteiger partial charge in [0.2, 0.25) is 0 Å². The van der Waals surface area contributed by atoms with Crippen molar-refractivity contribution in [2.75, 3.05) is 32.1 Å². The maximum Gasteiger partial charge on any atom is 0.320 e. The number of hydrogen-bond acceptors (Lipinski definition) is 4. The van der Waals surface area contributed by atoms with Gasteiger partial charge >= 0.3 is 5.97 Å². The molecule has 0 aliphatic heterocycles. The zero-order chi connectivity index (χ0) is 14.3. The molecular weight excluding hydrogens is 244 g/mol. The first-order valence-electron chi connectivity index (χ1n) is 6.39. The minimum absolute atomic E-state index is 0.502. The van der Waals surface area contributed by atoms with Gasteiger partial charge < -0.3 is 20.1 Å². The van der Waals surface area contributed by atoms with E-state index in [2.05, 4.69) is 5.32 Å². The van der Waals surface area contributed by atoms with Gasteiger partial charge in [-0.25, -0.2) is 0 Å². The highest BCUT2D eigenvalue weighted by atomic mass is 16.5. The fraction of sp³-hybridized carbons (Fsp3) is 0.500. The second-order valence-corrected chi connectivity index (χ2v) is 4.36. The van der Waals surface area contributed by atoms with E-state index in [1.165, 1.54) is 0 Å². The predicted octanol–water partition coefficient (Wildman–Crippen LogP) is 1.58. The molecule has 2 N–H and O–H groups in total. The van der Waals surface area contributed by atoms with E-state index < -0.39 is 12.0 Å². The number of anilines is 1. The number of methoxy groups -OCH3 is 1. The van der Waals surface area contributed by atoms with Crippen molar-refractivity contribution < 1.29 is 14.6 Å². The maximum absolute atomic E-state index is 11.0. The minimum atomic E-state index is -0.805. The van der Waals surface area contributed by atoms with Gasteiger partial charge in [-0.2, -0.15) is 0 Å². The van der Waals surface area contributed by atoms with Gasteiger partial charge in [-0.15, -0.1) is 0 Å². The highest BCUT2D eigenvalue weighted by Crippen LogP contribution is 2.20.